The van der Waals surface area contributed by atoms with E-state index in [1.165, 1.54) is 5.56 Å². The number of nitrogens with zero attached hydrogens (tertiary/aromatic N) is 2. The molecule has 0 aromatic carbocycles. The zero-order valence-corrected chi connectivity index (χ0v) is 12.4. The maximum absolute atomic E-state index is 4.45. The first-order valence-corrected chi connectivity index (χ1v) is 7.38. The van der Waals surface area contributed by atoms with Gasteiger partial charge in [-0.15, -0.1) is 0 Å². The van der Waals surface area contributed by atoms with E-state index in [-0.39, 0.29) is 6.04 Å². The van der Waals surface area contributed by atoms with E-state index in [4.69, 9.17) is 0 Å². The average Bonchev–Trinajstić information content (AvgIpc) is 2.90. The van der Waals surface area contributed by atoms with Crippen LogP contribution in [0.4, 0.5) is 0 Å². The van der Waals surface area contributed by atoms with E-state index in [9.17, 15) is 0 Å². The van der Waals surface area contributed by atoms with Crippen LogP contribution in [0.2, 0.25) is 0 Å². The van der Waals surface area contributed by atoms with Crippen LogP contribution in [0.1, 0.15) is 30.6 Å². The minimum atomic E-state index is 0.178. The first-order chi connectivity index (χ1) is 8.22. The summed E-state index contributed by atoms with van der Waals surface area (Å²) in [5, 5.41) is 7.83. The molecule has 3 nitrogen and oxygen atoms in total. The van der Waals surface area contributed by atoms with Crippen LogP contribution >= 0.6 is 27.3 Å². The van der Waals surface area contributed by atoms with Crippen molar-refractivity contribution in [2.45, 2.75) is 19.4 Å². The molecule has 2 rings (SSSR count). The number of nitrogens with one attached hydrogen (secondary N) is 1. The molecule has 5 heteroatoms. The molecule has 0 bridgehead atoms. The second kappa shape index (κ2) is 5.80. The minimum absolute atomic E-state index is 0.178. The van der Waals surface area contributed by atoms with E-state index < -0.39 is 0 Å². The monoisotopic (exact) mass is 313 g/mol. The number of aromatic nitrogens is 2. The predicted molar refractivity (Wildman–Crippen MR) is 75.4 cm³/mol. The molecule has 0 radical (unpaired) electrons. The van der Waals surface area contributed by atoms with E-state index in [2.05, 4.69) is 50.1 Å². The third-order valence-corrected chi connectivity index (χ3v) is 4.32. The van der Waals surface area contributed by atoms with Crippen LogP contribution in [0.25, 0.3) is 0 Å². The van der Waals surface area contributed by atoms with Gasteiger partial charge in [-0.2, -0.15) is 11.3 Å². The summed E-state index contributed by atoms with van der Waals surface area (Å²) in [4.78, 5) is 4.45. The second-order valence-corrected chi connectivity index (χ2v) is 5.62. The van der Waals surface area contributed by atoms with Crippen molar-refractivity contribution in [3.63, 3.8) is 0 Å². The highest BCUT2D eigenvalue weighted by atomic mass is 79.9. The zero-order chi connectivity index (χ0) is 12.3. The van der Waals surface area contributed by atoms with Crippen molar-refractivity contribution in [2.24, 2.45) is 7.05 Å². The number of aryl methyl sites for hydroxylation is 1. The first kappa shape index (κ1) is 12.8. The van der Waals surface area contributed by atoms with E-state index in [0.29, 0.717) is 0 Å². The first-order valence-electron chi connectivity index (χ1n) is 5.65. The van der Waals surface area contributed by atoms with Crippen molar-refractivity contribution in [1.82, 2.24) is 14.9 Å². The summed E-state index contributed by atoms with van der Waals surface area (Å²) in [6.07, 6.45) is 5.03. The van der Waals surface area contributed by atoms with Gasteiger partial charge in [0.2, 0.25) is 0 Å². The van der Waals surface area contributed by atoms with Crippen LogP contribution in [-0.2, 0) is 7.05 Å². The van der Waals surface area contributed by atoms with Gasteiger partial charge in [0.15, 0.2) is 0 Å². The van der Waals surface area contributed by atoms with Crippen molar-refractivity contribution in [3.8, 4) is 0 Å². The van der Waals surface area contributed by atoms with Crippen molar-refractivity contribution in [2.75, 3.05) is 6.54 Å². The van der Waals surface area contributed by atoms with Gasteiger partial charge in [0.25, 0.3) is 0 Å². The van der Waals surface area contributed by atoms with E-state index in [0.717, 1.165) is 23.1 Å². The molecule has 2 aromatic heterocycles. The number of hydrogen-bond acceptors (Lipinski definition) is 3. The molecule has 0 saturated heterocycles. The molecule has 1 N–H and O–H groups in total. The molecule has 2 heterocycles. The van der Waals surface area contributed by atoms with Crippen LogP contribution in [0.15, 0.2) is 27.8 Å². The summed E-state index contributed by atoms with van der Waals surface area (Å²) in [5.74, 6) is 0. The Morgan fingerprint density at radius 2 is 2.35 bits per heavy atom. The average molecular weight is 314 g/mol. The largest absolute Gasteiger partial charge is 0.340 e. The van der Waals surface area contributed by atoms with Crippen molar-refractivity contribution < 1.29 is 0 Å². The van der Waals surface area contributed by atoms with Gasteiger partial charge in [-0.05, 0) is 34.3 Å². The smallest absolute Gasteiger partial charge is 0.0947 e. The molecule has 0 saturated carbocycles. The van der Waals surface area contributed by atoms with Gasteiger partial charge in [0, 0.05) is 28.7 Å². The molecule has 1 unspecified atom stereocenters. The van der Waals surface area contributed by atoms with Crippen LogP contribution in [0.5, 0.6) is 0 Å². The van der Waals surface area contributed by atoms with Gasteiger partial charge in [0.1, 0.15) is 0 Å². The Morgan fingerprint density at radius 1 is 1.53 bits per heavy atom. The Balaban J connectivity index is 2.28. The highest BCUT2D eigenvalue weighted by Crippen LogP contribution is 2.30. The lowest BCUT2D eigenvalue weighted by Gasteiger charge is -2.16. The molecule has 92 valence electrons. The number of halogens is 1. The van der Waals surface area contributed by atoms with Crippen molar-refractivity contribution in [3.05, 3.63) is 39.0 Å². The fourth-order valence-corrected chi connectivity index (χ4v) is 3.29. The highest BCUT2D eigenvalue weighted by molar-refractivity contribution is 9.10. The summed E-state index contributed by atoms with van der Waals surface area (Å²) in [5.41, 5.74) is 2.34. The van der Waals surface area contributed by atoms with Crippen LogP contribution in [0.3, 0.4) is 0 Å². The molecule has 1 atom stereocenters. The Hall–Kier alpha value is -0.650. The summed E-state index contributed by atoms with van der Waals surface area (Å²) in [7, 11) is 2.00. The molecule has 0 amide bonds. The van der Waals surface area contributed by atoms with Gasteiger partial charge >= 0.3 is 0 Å². The summed E-state index contributed by atoms with van der Waals surface area (Å²) >= 11 is 5.31. The lowest BCUT2D eigenvalue weighted by Crippen LogP contribution is -2.23. The third kappa shape index (κ3) is 2.97. The second-order valence-electron chi connectivity index (χ2n) is 4.03. The predicted octanol–water partition coefficient (Wildman–Crippen LogP) is 3.33. The summed E-state index contributed by atoms with van der Waals surface area (Å²) < 4.78 is 3.14. The van der Waals surface area contributed by atoms with Gasteiger partial charge in [0.05, 0.1) is 18.1 Å². The molecule has 17 heavy (non-hydrogen) atoms. The number of imidazole rings is 1. The fraction of sp³-hybridized carbons (Fsp3) is 0.417. The molecular weight excluding hydrogens is 298 g/mol. The Labute approximate surface area is 114 Å². The topological polar surface area (TPSA) is 29.9 Å². The normalized spacial score (nSPS) is 12.9. The van der Waals surface area contributed by atoms with E-state index >= 15 is 0 Å². The number of rotatable bonds is 5. The molecular formula is C12H16BrN3S. The van der Waals surface area contributed by atoms with Crippen molar-refractivity contribution in [1.29, 1.82) is 0 Å². The molecule has 0 aliphatic rings. The van der Waals surface area contributed by atoms with Crippen LogP contribution in [0, 0.1) is 0 Å². The molecule has 2 aromatic rings. The van der Waals surface area contributed by atoms with E-state index in [1.807, 2.05) is 17.9 Å². The van der Waals surface area contributed by atoms with Gasteiger partial charge in [-0.1, -0.05) is 6.92 Å². The summed E-state index contributed by atoms with van der Waals surface area (Å²) in [6, 6.07) is 0.178. The number of thiophene rings is 1. The van der Waals surface area contributed by atoms with Gasteiger partial charge in [-0.25, -0.2) is 4.98 Å². The lowest BCUT2D eigenvalue weighted by atomic mass is 10.1. The molecule has 0 spiro atoms. The third-order valence-electron chi connectivity index (χ3n) is 2.57. The molecule has 0 fully saturated rings. The van der Waals surface area contributed by atoms with E-state index in [1.54, 1.807) is 11.3 Å². The Kier molecular flexibility index (Phi) is 4.36. The Bertz CT molecular complexity index is 478. The van der Waals surface area contributed by atoms with Crippen LogP contribution < -0.4 is 5.32 Å². The molecule has 0 aliphatic heterocycles. The lowest BCUT2D eigenvalue weighted by molar-refractivity contribution is 0.588. The van der Waals surface area contributed by atoms with Crippen molar-refractivity contribution >= 4 is 27.3 Å². The Morgan fingerprint density at radius 3 is 2.88 bits per heavy atom. The van der Waals surface area contributed by atoms with Crippen LogP contribution in [-0.4, -0.2) is 16.1 Å². The molecule has 0 aliphatic carbocycles. The van der Waals surface area contributed by atoms with Gasteiger partial charge in [-0.3, -0.25) is 0 Å². The quantitative estimate of drug-likeness (QED) is 0.917. The van der Waals surface area contributed by atoms with Gasteiger partial charge < -0.3 is 9.88 Å². The SMILES string of the molecule is CCCNC(c1cn(C)cn1)c1cscc1Br. The summed E-state index contributed by atoms with van der Waals surface area (Å²) in [6.45, 7) is 3.16. The standard InChI is InChI=1S/C12H16BrN3S/c1-3-4-14-12(9-6-17-7-10(9)13)11-5-16(2)8-15-11/h5-8,12,14H,3-4H2,1-2H3. The maximum atomic E-state index is 4.45. The maximum Gasteiger partial charge on any atom is 0.0947 e. The minimum Gasteiger partial charge on any atom is -0.340 e. The number of hydrogen-bond donors (Lipinski definition) is 1. The fourth-order valence-electron chi connectivity index (χ4n) is 1.74. The highest BCUT2D eigenvalue weighted by Gasteiger charge is 2.18. The zero-order valence-electron chi connectivity index (χ0n) is 9.98.